The third-order valence-corrected chi connectivity index (χ3v) is 5.40. The first-order chi connectivity index (χ1) is 15.7. The van der Waals surface area contributed by atoms with E-state index in [9.17, 15) is 9.59 Å². The van der Waals surface area contributed by atoms with Crippen molar-refractivity contribution in [2.24, 2.45) is 0 Å². The molecule has 4 nitrogen and oxygen atoms in total. The number of amides is 2. The first-order valence-electron chi connectivity index (χ1n) is 11.5. The van der Waals surface area contributed by atoms with Gasteiger partial charge in [0.15, 0.2) is 0 Å². The predicted molar refractivity (Wildman–Crippen MR) is 134 cm³/mol. The fourth-order valence-electron chi connectivity index (χ4n) is 3.89. The lowest BCUT2D eigenvalue weighted by molar-refractivity contribution is -0.141. The first kappa shape index (κ1) is 24.2. The van der Waals surface area contributed by atoms with Gasteiger partial charge in [-0.3, -0.25) is 9.59 Å². The van der Waals surface area contributed by atoms with Gasteiger partial charge >= 0.3 is 0 Å². The Bertz CT molecular complexity index is 1060. The van der Waals surface area contributed by atoms with Gasteiger partial charge in [-0.05, 0) is 44.4 Å². The Morgan fingerprint density at radius 3 is 1.97 bits per heavy atom. The van der Waals surface area contributed by atoms with E-state index in [1.54, 1.807) is 4.90 Å². The number of aryl methyl sites for hydroxylation is 1. The highest BCUT2D eigenvalue weighted by Crippen LogP contribution is 2.18. The van der Waals surface area contributed by atoms with Crippen molar-refractivity contribution in [2.75, 3.05) is 0 Å². The maximum absolute atomic E-state index is 13.6. The van der Waals surface area contributed by atoms with Crippen LogP contribution in [0.25, 0.3) is 0 Å². The molecule has 2 amide bonds. The summed E-state index contributed by atoms with van der Waals surface area (Å²) in [5.41, 5.74) is 3.70. The second-order valence-corrected chi connectivity index (χ2v) is 9.62. The molecular weight excluding hydrogens is 408 g/mol. The van der Waals surface area contributed by atoms with Crippen molar-refractivity contribution in [3.8, 4) is 0 Å². The summed E-state index contributed by atoms with van der Waals surface area (Å²) >= 11 is 0. The Balaban J connectivity index is 1.98. The molecule has 0 spiro atoms. The van der Waals surface area contributed by atoms with Crippen LogP contribution in [0.2, 0.25) is 0 Å². The van der Waals surface area contributed by atoms with E-state index >= 15 is 0 Å². The van der Waals surface area contributed by atoms with Crippen LogP contribution < -0.4 is 5.32 Å². The molecule has 3 aromatic carbocycles. The molecule has 0 unspecified atom stereocenters. The van der Waals surface area contributed by atoms with Crippen molar-refractivity contribution >= 4 is 11.8 Å². The summed E-state index contributed by atoms with van der Waals surface area (Å²) in [4.78, 5) is 28.9. The SMILES string of the molecule is Cc1cccc(CN(C(=O)Cc2ccccc2)[C@H](Cc2ccccc2)C(=O)NC(C)(C)C)c1. The molecule has 0 aliphatic carbocycles. The number of carbonyl (C=O) groups is 2. The van der Waals surface area contributed by atoms with E-state index in [2.05, 4.69) is 11.4 Å². The molecule has 172 valence electrons. The largest absolute Gasteiger partial charge is 0.350 e. The summed E-state index contributed by atoms with van der Waals surface area (Å²) in [6.45, 7) is 8.29. The molecule has 0 fully saturated rings. The lowest BCUT2D eigenvalue weighted by Crippen LogP contribution is -2.54. The maximum Gasteiger partial charge on any atom is 0.243 e. The number of hydrogen-bond donors (Lipinski definition) is 1. The van der Waals surface area contributed by atoms with Gasteiger partial charge < -0.3 is 10.2 Å². The van der Waals surface area contributed by atoms with E-state index in [4.69, 9.17) is 0 Å². The van der Waals surface area contributed by atoms with Crippen molar-refractivity contribution in [3.05, 3.63) is 107 Å². The third-order valence-electron chi connectivity index (χ3n) is 5.40. The van der Waals surface area contributed by atoms with E-state index in [1.165, 1.54) is 0 Å². The summed E-state index contributed by atoms with van der Waals surface area (Å²) in [6.07, 6.45) is 0.704. The van der Waals surface area contributed by atoms with Gasteiger partial charge in [0.1, 0.15) is 6.04 Å². The molecule has 0 radical (unpaired) electrons. The summed E-state index contributed by atoms with van der Waals surface area (Å²) < 4.78 is 0. The molecule has 3 rings (SSSR count). The smallest absolute Gasteiger partial charge is 0.243 e. The predicted octanol–water partition coefficient (Wildman–Crippen LogP) is 5.09. The van der Waals surface area contributed by atoms with Crippen LogP contribution in [0.5, 0.6) is 0 Å². The third kappa shape index (κ3) is 7.60. The zero-order chi connectivity index (χ0) is 23.8. The van der Waals surface area contributed by atoms with Crippen molar-refractivity contribution in [3.63, 3.8) is 0 Å². The minimum Gasteiger partial charge on any atom is -0.350 e. The normalized spacial score (nSPS) is 12.1. The quantitative estimate of drug-likeness (QED) is 0.528. The van der Waals surface area contributed by atoms with Crippen molar-refractivity contribution in [1.82, 2.24) is 10.2 Å². The molecule has 0 bridgehead atoms. The average molecular weight is 443 g/mol. The first-order valence-corrected chi connectivity index (χ1v) is 11.5. The fraction of sp³-hybridized carbons (Fsp3) is 0.310. The standard InChI is InChI=1S/C29H34N2O2/c1-22-12-11-17-25(18-22)21-31(27(32)20-24-15-9-6-10-16-24)26(28(33)30-29(2,3)4)19-23-13-7-5-8-14-23/h5-18,26H,19-21H2,1-4H3,(H,30,33)/t26-/m1/s1. The minimum atomic E-state index is -0.622. The van der Waals surface area contributed by atoms with E-state index in [-0.39, 0.29) is 18.2 Å². The zero-order valence-corrected chi connectivity index (χ0v) is 20.0. The summed E-state index contributed by atoms with van der Waals surface area (Å²) in [6, 6.07) is 27.1. The van der Waals surface area contributed by atoms with E-state index in [0.717, 1.165) is 22.3 Å². The average Bonchev–Trinajstić information content (AvgIpc) is 2.76. The highest BCUT2D eigenvalue weighted by Gasteiger charge is 2.32. The van der Waals surface area contributed by atoms with Crippen LogP contribution in [0.3, 0.4) is 0 Å². The molecule has 0 aliphatic heterocycles. The Labute approximate surface area is 197 Å². The molecule has 0 saturated carbocycles. The minimum absolute atomic E-state index is 0.0623. The lowest BCUT2D eigenvalue weighted by atomic mass is 9.99. The van der Waals surface area contributed by atoms with Gasteiger partial charge in [-0.1, -0.05) is 90.5 Å². The Hall–Kier alpha value is -3.40. The van der Waals surface area contributed by atoms with E-state index in [0.29, 0.717) is 13.0 Å². The highest BCUT2D eigenvalue weighted by atomic mass is 16.2. The summed E-state index contributed by atoms with van der Waals surface area (Å²) in [5.74, 6) is -0.201. The van der Waals surface area contributed by atoms with Crippen LogP contribution in [0, 0.1) is 6.92 Å². The Kier molecular flexibility index (Phi) is 8.05. The highest BCUT2D eigenvalue weighted by molar-refractivity contribution is 5.89. The molecule has 0 aliphatic rings. The molecule has 1 N–H and O–H groups in total. The maximum atomic E-state index is 13.6. The molecule has 33 heavy (non-hydrogen) atoms. The Morgan fingerprint density at radius 2 is 1.39 bits per heavy atom. The Morgan fingerprint density at radius 1 is 0.818 bits per heavy atom. The van der Waals surface area contributed by atoms with Gasteiger partial charge in [-0.2, -0.15) is 0 Å². The van der Waals surface area contributed by atoms with E-state index in [1.807, 2.05) is 107 Å². The fourth-order valence-corrected chi connectivity index (χ4v) is 3.89. The van der Waals surface area contributed by atoms with Gasteiger partial charge in [0.25, 0.3) is 0 Å². The molecule has 0 saturated heterocycles. The molecular formula is C29H34N2O2. The van der Waals surface area contributed by atoms with Gasteiger partial charge in [-0.15, -0.1) is 0 Å². The monoisotopic (exact) mass is 442 g/mol. The van der Waals surface area contributed by atoms with Gasteiger partial charge in [0.05, 0.1) is 6.42 Å². The van der Waals surface area contributed by atoms with Crippen LogP contribution in [-0.2, 0) is 29.0 Å². The summed E-state index contributed by atoms with van der Waals surface area (Å²) in [5, 5.41) is 3.10. The van der Waals surface area contributed by atoms with Crippen LogP contribution in [0.1, 0.15) is 43.0 Å². The van der Waals surface area contributed by atoms with Gasteiger partial charge in [-0.25, -0.2) is 0 Å². The number of hydrogen-bond acceptors (Lipinski definition) is 2. The second kappa shape index (κ2) is 11.0. The second-order valence-electron chi connectivity index (χ2n) is 9.62. The van der Waals surface area contributed by atoms with Gasteiger partial charge in [0.2, 0.25) is 11.8 Å². The number of nitrogens with one attached hydrogen (secondary N) is 1. The molecule has 0 heterocycles. The van der Waals surface area contributed by atoms with Crippen molar-refractivity contribution < 1.29 is 9.59 Å². The van der Waals surface area contributed by atoms with Crippen molar-refractivity contribution in [2.45, 2.75) is 58.7 Å². The van der Waals surface area contributed by atoms with Crippen LogP contribution in [0.4, 0.5) is 0 Å². The molecule has 1 atom stereocenters. The number of nitrogens with zero attached hydrogens (tertiary/aromatic N) is 1. The van der Waals surface area contributed by atoms with Crippen LogP contribution in [-0.4, -0.2) is 28.3 Å². The summed E-state index contributed by atoms with van der Waals surface area (Å²) in [7, 11) is 0. The van der Waals surface area contributed by atoms with E-state index < -0.39 is 11.6 Å². The number of rotatable bonds is 8. The van der Waals surface area contributed by atoms with Crippen LogP contribution in [0.15, 0.2) is 84.9 Å². The van der Waals surface area contributed by atoms with Crippen molar-refractivity contribution in [1.29, 1.82) is 0 Å². The van der Waals surface area contributed by atoms with Gasteiger partial charge in [0, 0.05) is 18.5 Å². The topological polar surface area (TPSA) is 49.4 Å². The zero-order valence-electron chi connectivity index (χ0n) is 20.0. The number of benzene rings is 3. The molecule has 3 aromatic rings. The number of carbonyl (C=O) groups excluding carboxylic acids is 2. The molecule has 0 aromatic heterocycles. The lowest BCUT2D eigenvalue weighted by Gasteiger charge is -2.34. The van der Waals surface area contributed by atoms with Crippen LogP contribution >= 0.6 is 0 Å². The molecule has 4 heteroatoms.